The van der Waals surface area contributed by atoms with Crippen LogP contribution in [0, 0.1) is 11.8 Å². The van der Waals surface area contributed by atoms with Gasteiger partial charge in [0.15, 0.2) is 0 Å². The summed E-state index contributed by atoms with van der Waals surface area (Å²) in [5.41, 5.74) is 0. The Morgan fingerprint density at radius 2 is 1.36 bits per heavy atom. The highest BCUT2D eigenvalue weighted by atomic mass is 16.3. The molecule has 0 aliphatic heterocycles. The topological polar surface area (TPSA) is 20.2 Å². The quantitative estimate of drug-likeness (QED) is 0.568. The lowest BCUT2D eigenvalue weighted by molar-refractivity contribution is 0.173. The molecule has 2 fully saturated rings. The number of hydrogen-bond donors (Lipinski definition) is 1. The van der Waals surface area contributed by atoms with Crippen molar-refractivity contribution in [3.05, 3.63) is 0 Å². The van der Waals surface area contributed by atoms with Crippen LogP contribution < -0.4 is 0 Å². The van der Waals surface area contributed by atoms with Gasteiger partial charge in [-0.1, -0.05) is 32.1 Å². The fourth-order valence-electron chi connectivity index (χ4n) is 2.88. The molecule has 0 aromatic carbocycles. The average molecular weight is 154 g/mol. The maximum Gasteiger partial charge on any atom is 0.0545 e. The second-order valence-corrected chi connectivity index (χ2v) is 4.28. The van der Waals surface area contributed by atoms with Crippen LogP contribution in [0.1, 0.15) is 44.9 Å². The van der Waals surface area contributed by atoms with Gasteiger partial charge in [0.05, 0.1) is 6.10 Å². The summed E-state index contributed by atoms with van der Waals surface area (Å²) in [4.78, 5) is 0. The minimum absolute atomic E-state index is 0.0445. The van der Waals surface area contributed by atoms with Crippen molar-refractivity contribution in [1.82, 2.24) is 0 Å². The van der Waals surface area contributed by atoms with Crippen LogP contribution in [0.15, 0.2) is 0 Å². The second-order valence-electron chi connectivity index (χ2n) is 4.28. The van der Waals surface area contributed by atoms with Crippen molar-refractivity contribution < 1.29 is 5.11 Å². The predicted octanol–water partition coefficient (Wildman–Crippen LogP) is 2.34. The van der Waals surface area contributed by atoms with Crippen molar-refractivity contribution in [1.29, 1.82) is 0 Å². The summed E-state index contributed by atoms with van der Waals surface area (Å²) in [6, 6.07) is 0. The third kappa shape index (κ3) is 1.58. The van der Waals surface area contributed by atoms with Crippen molar-refractivity contribution in [2.24, 2.45) is 11.8 Å². The molecule has 2 saturated carbocycles. The van der Waals surface area contributed by atoms with E-state index >= 15 is 0 Å². The third-order valence-electron chi connectivity index (χ3n) is 3.47. The zero-order chi connectivity index (χ0) is 7.68. The first-order valence-corrected chi connectivity index (χ1v) is 5.04. The first-order chi connectivity index (χ1) is 5.36. The summed E-state index contributed by atoms with van der Waals surface area (Å²) in [5.74, 6) is 1.76. The smallest absolute Gasteiger partial charge is 0.0545 e. The molecule has 11 heavy (non-hydrogen) atoms. The number of aliphatic hydroxyl groups excluding tert-OH is 1. The highest BCUT2D eigenvalue weighted by molar-refractivity contribution is 4.84. The maximum atomic E-state index is 9.45. The Morgan fingerprint density at radius 1 is 0.818 bits per heavy atom. The van der Waals surface area contributed by atoms with Crippen molar-refractivity contribution in [3.63, 3.8) is 0 Å². The first-order valence-electron chi connectivity index (χ1n) is 5.04. The molecule has 0 aromatic rings. The van der Waals surface area contributed by atoms with E-state index in [0.717, 1.165) is 24.7 Å². The van der Waals surface area contributed by atoms with Crippen molar-refractivity contribution in [2.45, 2.75) is 51.0 Å². The third-order valence-corrected chi connectivity index (χ3v) is 3.47. The molecule has 0 amide bonds. The van der Waals surface area contributed by atoms with Crippen molar-refractivity contribution in [2.75, 3.05) is 0 Å². The summed E-state index contributed by atoms with van der Waals surface area (Å²) in [6.07, 6.45) is 9.28. The normalized spacial score (nSPS) is 45.0. The van der Waals surface area contributed by atoms with Gasteiger partial charge in [-0.2, -0.15) is 0 Å². The summed E-state index contributed by atoms with van der Waals surface area (Å²) < 4.78 is 0. The van der Waals surface area contributed by atoms with Gasteiger partial charge >= 0.3 is 0 Å². The molecule has 1 nitrogen and oxygen atoms in total. The van der Waals surface area contributed by atoms with Crippen LogP contribution >= 0.6 is 0 Å². The number of fused-ring (bicyclic) bond motifs is 1. The van der Waals surface area contributed by atoms with Crippen LogP contribution in [-0.2, 0) is 0 Å². The van der Waals surface area contributed by atoms with Crippen LogP contribution in [0.25, 0.3) is 0 Å². The minimum atomic E-state index is 0.0445. The zero-order valence-corrected chi connectivity index (χ0v) is 7.13. The van der Waals surface area contributed by atoms with E-state index in [9.17, 15) is 5.11 Å². The van der Waals surface area contributed by atoms with Gasteiger partial charge in [0.2, 0.25) is 0 Å². The zero-order valence-electron chi connectivity index (χ0n) is 7.13. The van der Waals surface area contributed by atoms with Gasteiger partial charge in [-0.25, -0.2) is 0 Å². The van der Waals surface area contributed by atoms with E-state index in [2.05, 4.69) is 0 Å². The maximum absolute atomic E-state index is 9.45. The van der Waals surface area contributed by atoms with Crippen LogP contribution in [0.3, 0.4) is 0 Å². The average Bonchev–Trinajstić information content (AvgIpc) is 2.17. The number of aliphatic hydroxyl groups is 1. The highest BCUT2D eigenvalue weighted by Gasteiger charge is 2.33. The van der Waals surface area contributed by atoms with Gasteiger partial charge in [0, 0.05) is 0 Å². The summed E-state index contributed by atoms with van der Waals surface area (Å²) in [7, 11) is 0. The standard InChI is InChI=1S/C10H18O/c11-10-6-8-4-2-1-3-5-9(8)7-10/h8-11H,1-7H2/t8-,9+,10?. The Bertz CT molecular complexity index is 119. The molecule has 64 valence electrons. The fraction of sp³-hybridized carbons (Fsp3) is 1.00. The molecule has 0 saturated heterocycles. The molecule has 0 spiro atoms. The molecule has 1 N–H and O–H groups in total. The predicted molar refractivity (Wildman–Crippen MR) is 45.3 cm³/mol. The minimum Gasteiger partial charge on any atom is -0.393 e. The SMILES string of the molecule is OC1C[C@H]2CCCCC[C@H]2C1. The molecular formula is C10H18O. The van der Waals surface area contributed by atoms with E-state index in [4.69, 9.17) is 0 Å². The van der Waals surface area contributed by atoms with E-state index < -0.39 is 0 Å². The fourth-order valence-corrected chi connectivity index (χ4v) is 2.88. The molecule has 0 heterocycles. The molecule has 1 unspecified atom stereocenters. The molecule has 0 radical (unpaired) electrons. The number of rotatable bonds is 0. The monoisotopic (exact) mass is 154 g/mol. The highest BCUT2D eigenvalue weighted by Crippen LogP contribution is 2.40. The Balaban J connectivity index is 1.96. The lowest BCUT2D eigenvalue weighted by atomic mass is 9.92. The summed E-state index contributed by atoms with van der Waals surface area (Å²) in [6.45, 7) is 0. The number of hydrogen-bond acceptors (Lipinski definition) is 1. The Kier molecular flexibility index (Phi) is 2.17. The van der Waals surface area contributed by atoms with Crippen molar-refractivity contribution >= 4 is 0 Å². The van der Waals surface area contributed by atoms with Crippen LogP contribution in [0.2, 0.25) is 0 Å². The van der Waals surface area contributed by atoms with E-state index in [-0.39, 0.29) is 6.10 Å². The summed E-state index contributed by atoms with van der Waals surface area (Å²) in [5, 5.41) is 9.45. The van der Waals surface area contributed by atoms with Crippen LogP contribution in [-0.4, -0.2) is 11.2 Å². The summed E-state index contributed by atoms with van der Waals surface area (Å²) >= 11 is 0. The van der Waals surface area contributed by atoms with Gasteiger partial charge in [0.1, 0.15) is 0 Å². The van der Waals surface area contributed by atoms with Crippen LogP contribution in [0.5, 0.6) is 0 Å². The molecular weight excluding hydrogens is 136 g/mol. The Morgan fingerprint density at radius 3 is 1.91 bits per heavy atom. The van der Waals surface area contributed by atoms with E-state index in [1.807, 2.05) is 0 Å². The van der Waals surface area contributed by atoms with E-state index in [1.54, 1.807) is 0 Å². The Hall–Kier alpha value is -0.0400. The van der Waals surface area contributed by atoms with Gasteiger partial charge < -0.3 is 5.11 Å². The van der Waals surface area contributed by atoms with Crippen molar-refractivity contribution in [3.8, 4) is 0 Å². The van der Waals surface area contributed by atoms with Gasteiger partial charge in [-0.15, -0.1) is 0 Å². The second kappa shape index (κ2) is 3.14. The first kappa shape index (κ1) is 7.60. The molecule has 2 aliphatic rings. The molecule has 2 rings (SSSR count). The van der Waals surface area contributed by atoms with E-state index in [1.165, 1.54) is 32.1 Å². The molecule has 1 heteroatoms. The molecule has 2 aliphatic carbocycles. The van der Waals surface area contributed by atoms with Gasteiger partial charge in [0.25, 0.3) is 0 Å². The van der Waals surface area contributed by atoms with Crippen LogP contribution in [0.4, 0.5) is 0 Å². The Labute approximate surface area is 68.8 Å². The van der Waals surface area contributed by atoms with E-state index in [0.29, 0.717) is 0 Å². The molecule has 0 bridgehead atoms. The lowest BCUT2D eigenvalue weighted by Gasteiger charge is -2.13. The van der Waals surface area contributed by atoms with Gasteiger partial charge in [-0.05, 0) is 24.7 Å². The van der Waals surface area contributed by atoms with Gasteiger partial charge in [-0.3, -0.25) is 0 Å². The largest absolute Gasteiger partial charge is 0.393 e. The molecule has 0 aromatic heterocycles. The lowest BCUT2D eigenvalue weighted by Crippen LogP contribution is -2.04. The molecule has 3 atom stereocenters.